The fraction of sp³-hybridized carbons (Fsp3) is 0.791. The molecule has 0 aliphatic carbocycles. The molecule has 0 heterocycles. The van der Waals surface area contributed by atoms with E-state index in [0.29, 0.717) is 6.42 Å². The van der Waals surface area contributed by atoms with E-state index < -0.39 is 19.9 Å². The molecule has 0 aliphatic heterocycles. The minimum Gasteiger partial charge on any atom is -0.498 e. The molecule has 52 heavy (non-hydrogen) atoms. The lowest BCUT2D eigenvalue weighted by Crippen LogP contribution is -2.27. The smallest absolute Gasteiger partial charge is 0.472 e. The van der Waals surface area contributed by atoms with Crippen LogP contribution in [0.2, 0.25) is 0 Å². The number of allylic oxidation sites excluding steroid dienone is 7. The van der Waals surface area contributed by atoms with Crippen molar-refractivity contribution in [1.29, 1.82) is 0 Å². The van der Waals surface area contributed by atoms with Gasteiger partial charge in [0, 0.05) is 13.0 Å². The predicted octanol–water partition coefficient (Wildman–Crippen LogP) is 12.8. The molecule has 0 fully saturated rings. The van der Waals surface area contributed by atoms with Gasteiger partial charge in [0.1, 0.15) is 6.61 Å². The number of phosphoric acid groups is 1. The molecule has 0 rings (SSSR count). The number of esters is 1. The van der Waals surface area contributed by atoms with Gasteiger partial charge in [0.25, 0.3) is 0 Å². The summed E-state index contributed by atoms with van der Waals surface area (Å²) in [5, 5.41) is 0. The highest BCUT2D eigenvalue weighted by Gasteiger charge is 2.25. The van der Waals surface area contributed by atoms with Gasteiger partial charge in [0.15, 0.2) is 6.10 Å². The van der Waals surface area contributed by atoms with Crippen LogP contribution in [0.25, 0.3) is 0 Å². The standard InChI is InChI=1S/C43H80NO7P/c1-3-5-7-9-11-13-15-17-19-21-22-24-26-28-30-32-34-36-43(45)51-42(41-50-52(46,47)49-39-37-44)40-48-38-35-33-31-29-27-25-23-20-18-16-14-12-10-8-6-4-2/h17,19,22,24,28,30,35,38,42H,3-16,18,20-21,23,25-27,29,31-34,36-37,39-41,44H2,1-2H3,(H,46,47)/b19-17+,24-22+,30-28+,38-35+. The number of carbonyl (C=O) groups is 1. The van der Waals surface area contributed by atoms with Crippen LogP contribution >= 0.6 is 7.82 Å². The van der Waals surface area contributed by atoms with Gasteiger partial charge < -0.3 is 20.1 Å². The Bertz CT molecular complexity index is 936. The summed E-state index contributed by atoms with van der Waals surface area (Å²) in [7, 11) is -4.30. The quantitative estimate of drug-likeness (QED) is 0.0209. The van der Waals surface area contributed by atoms with E-state index in [-0.39, 0.29) is 32.8 Å². The molecule has 0 aliphatic rings. The zero-order valence-electron chi connectivity index (χ0n) is 33.5. The Morgan fingerprint density at radius 2 is 1.04 bits per heavy atom. The van der Waals surface area contributed by atoms with Crippen molar-refractivity contribution in [2.45, 2.75) is 193 Å². The summed E-state index contributed by atoms with van der Waals surface area (Å²) >= 11 is 0. The minimum absolute atomic E-state index is 0.0122. The number of ether oxygens (including phenoxy) is 2. The van der Waals surface area contributed by atoms with E-state index in [1.54, 1.807) is 6.26 Å². The highest BCUT2D eigenvalue weighted by atomic mass is 31.2. The van der Waals surface area contributed by atoms with Crippen LogP contribution in [0.1, 0.15) is 187 Å². The van der Waals surface area contributed by atoms with Crippen LogP contribution < -0.4 is 5.73 Å². The first kappa shape index (κ1) is 50.3. The Hall–Kier alpha value is -1.70. The van der Waals surface area contributed by atoms with Crippen molar-refractivity contribution in [3.05, 3.63) is 48.8 Å². The molecule has 0 radical (unpaired) electrons. The summed E-state index contributed by atoms with van der Waals surface area (Å²) in [5.41, 5.74) is 5.35. The Labute approximate surface area is 320 Å². The summed E-state index contributed by atoms with van der Waals surface area (Å²) < 4.78 is 33.1. The average Bonchev–Trinajstić information content (AvgIpc) is 3.13. The molecular weight excluding hydrogens is 673 g/mol. The van der Waals surface area contributed by atoms with Crippen molar-refractivity contribution in [2.24, 2.45) is 5.73 Å². The number of rotatable bonds is 40. The summed E-state index contributed by atoms with van der Waals surface area (Å²) in [4.78, 5) is 22.4. The number of phosphoric ester groups is 1. The fourth-order valence-electron chi connectivity index (χ4n) is 5.68. The molecule has 3 N–H and O–H groups in total. The van der Waals surface area contributed by atoms with Crippen molar-refractivity contribution in [3.8, 4) is 0 Å². The van der Waals surface area contributed by atoms with Crippen molar-refractivity contribution in [2.75, 3.05) is 26.4 Å². The SMILES string of the molecule is CCCCCCCC/C=C/C/C=C/C/C=C/CCCC(=O)OC(CO/C=C/CCCCCCCCCCCCCCCC)COP(=O)(O)OCCN. The molecule has 2 atom stereocenters. The first-order valence-corrected chi connectivity index (χ1v) is 22.7. The molecule has 0 aromatic carbocycles. The van der Waals surface area contributed by atoms with Crippen LogP contribution in [-0.2, 0) is 27.9 Å². The molecule has 0 saturated heterocycles. The van der Waals surface area contributed by atoms with Gasteiger partial charge in [0.05, 0.1) is 19.5 Å². The van der Waals surface area contributed by atoms with Crippen LogP contribution in [-0.4, -0.2) is 43.3 Å². The van der Waals surface area contributed by atoms with E-state index in [1.807, 2.05) is 6.08 Å². The number of hydrogen-bond acceptors (Lipinski definition) is 7. The third kappa shape index (κ3) is 39.5. The maximum absolute atomic E-state index is 12.5. The van der Waals surface area contributed by atoms with E-state index in [0.717, 1.165) is 32.1 Å². The maximum Gasteiger partial charge on any atom is 0.472 e. The second-order valence-corrected chi connectivity index (χ2v) is 15.4. The van der Waals surface area contributed by atoms with E-state index in [1.165, 1.54) is 128 Å². The molecule has 0 amide bonds. The lowest BCUT2D eigenvalue weighted by molar-refractivity contribution is -0.153. The number of nitrogens with two attached hydrogens (primary N) is 1. The van der Waals surface area contributed by atoms with Gasteiger partial charge >= 0.3 is 13.8 Å². The third-order valence-electron chi connectivity index (χ3n) is 8.81. The highest BCUT2D eigenvalue weighted by molar-refractivity contribution is 7.47. The van der Waals surface area contributed by atoms with Crippen LogP contribution in [0.15, 0.2) is 48.8 Å². The molecule has 2 unspecified atom stereocenters. The van der Waals surface area contributed by atoms with Gasteiger partial charge in [-0.15, -0.1) is 0 Å². The van der Waals surface area contributed by atoms with E-state index in [9.17, 15) is 14.3 Å². The van der Waals surface area contributed by atoms with E-state index in [4.69, 9.17) is 24.3 Å². The summed E-state index contributed by atoms with van der Waals surface area (Å²) in [6.45, 7) is 4.18. The molecule has 0 spiro atoms. The molecule has 0 bridgehead atoms. The Balaban J connectivity index is 4.18. The number of unbranched alkanes of at least 4 members (excludes halogenated alkanes) is 21. The van der Waals surface area contributed by atoms with Gasteiger partial charge in [-0.25, -0.2) is 4.57 Å². The van der Waals surface area contributed by atoms with E-state index >= 15 is 0 Å². The predicted molar refractivity (Wildman–Crippen MR) is 219 cm³/mol. The Morgan fingerprint density at radius 3 is 1.54 bits per heavy atom. The highest BCUT2D eigenvalue weighted by Crippen LogP contribution is 2.43. The zero-order valence-corrected chi connectivity index (χ0v) is 34.4. The lowest BCUT2D eigenvalue weighted by Gasteiger charge is -2.19. The molecule has 8 nitrogen and oxygen atoms in total. The van der Waals surface area contributed by atoms with Crippen LogP contribution in [0.4, 0.5) is 0 Å². The van der Waals surface area contributed by atoms with Crippen molar-refractivity contribution in [1.82, 2.24) is 0 Å². The number of hydrogen-bond donors (Lipinski definition) is 2. The van der Waals surface area contributed by atoms with Crippen molar-refractivity contribution in [3.63, 3.8) is 0 Å². The molecule has 0 saturated carbocycles. The topological polar surface area (TPSA) is 117 Å². The lowest BCUT2D eigenvalue weighted by atomic mass is 10.0. The Morgan fingerprint density at radius 1 is 0.596 bits per heavy atom. The molecule has 9 heteroatoms. The van der Waals surface area contributed by atoms with Crippen LogP contribution in [0.3, 0.4) is 0 Å². The fourth-order valence-corrected chi connectivity index (χ4v) is 6.45. The Kier molecular flexibility index (Phi) is 39.2. The molecule has 304 valence electrons. The second-order valence-electron chi connectivity index (χ2n) is 13.9. The summed E-state index contributed by atoms with van der Waals surface area (Å²) in [6.07, 6.45) is 48.0. The average molecular weight is 754 g/mol. The normalized spacial score (nSPS) is 13.9. The van der Waals surface area contributed by atoms with Crippen LogP contribution in [0.5, 0.6) is 0 Å². The van der Waals surface area contributed by atoms with Crippen molar-refractivity contribution >= 4 is 13.8 Å². The first-order chi connectivity index (χ1) is 25.4. The van der Waals surface area contributed by atoms with Gasteiger partial charge in [-0.1, -0.05) is 166 Å². The maximum atomic E-state index is 12.5. The summed E-state index contributed by atoms with van der Waals surface area (Å²) in [6, 6.07) is 0. The summed E-state index contributed by atoms with van der Waals surface area (Å²) in [5.74, 6) is -0.403. The van der Waals surface area contributed by atoms with Crippen LogP contribution in [0, 0.1) is 0 Å². The van der Waals surface area contributed by atoms with Gasteiger partial charge in [0.2, 0.25) is 0 Å². The number of carbonyl (C=O) groups excluding carboxylic acids is 1. The van der Waals surface area contributed by atoms with Crippen molar-refractivity contribution < 1.29 is 32.8 Å². The molecule has 0 aromatic heterocycles. The first-order valence-electron chi connectivity index (χ1n) is 21.2. The molecule has 0 aromatic rings. The van der Waals surface area contributed by atoms with Gasteiger partial charge in [-0.2, -0.15) is 0 Å². The third-order valence-corrected chi connectivity index (χ3v) is 9.80. The minimum atomic E-state index is -4.30. The zero-order chi connectivity index (χ0) is 38.1. The largest absolute Gasteiger partial charge is 0.498 e. The second kappa shape index (κ2) is 40.5. The van der Waals surface area contributed by atoms with E-state index in [2.05, 4.69) is 50.3 Å². The molecular formula is C43H80NO7P. The monoisotopic (exact) mass is 754 g/mol. The van der Waals surface area contributed by atoms with Gasteiger partial charge in [-0.05, 0) is 57.4 Å². The van der Waals surface area contributed by atoms with Gasteiger partial charge in [-0.3, -0.25) is 13.8 Å².